The molecule has 0 bridgehead atoms. The van der Waals surface area contributed by atoms with E-state index in [1.165, 1.54) is 0 Å². The minimum atomic E-state index is -0.548. The lowest BCUT2D eigenvalue weighted by atomic mass is 9.80. The first-order valence-electron chi connectivity index (χ1n) is 10.6. The van der Waals surface area contributed by atoms with Gasteiger partial charge in [0.15, 0.2) is 0 Å². The largest absolute Gasteiger partial charge is 0.381 e. The predicted molar refractivity (Wildman–Crippen MR) is 111 cm³/mol. The van der Waals surface area contributed by atoms with Crippen LogP contribution in [0, 0.1) is 18.3 Å². The van der Waals surface area contributed by atoms with E-state index in [4.69, 9.17) is 4.74 Å². The van der Waals surface area contributed by atoms with Gasteiger partial charge in [-0.25, -0.2) is 4.98 Å². The highest BCUT2D eigenvalue weighted by Crippen LogP contribution is 2.31. The van der Waals surface area contributed by atoms with Gasteiger partial charge in [-0.15, -0.1) is 0 Å². The molecule has 1 aromatic carbocycles. The smallest absolute Gasteiger partial charge is 0.253 e. The highest BCUT2D eigenvalue weighted by Gasteiger charge is 2.39. The Bertz CT molecular complexity index is 903. The number of hydrogen-bond donors (Lipinski definition) is 2. The number of ether oxygens (including phenoxy) is 1. The predicted octanol–water partition coefficient (Wildman–Crippen LogP) is 2.66. The molecule has 29 heavy (non-hydrogen) atoms. The molecular weight excluding hydrogens is 368 g/mol. The van der Waals surface area contributed by atoms with Crippen molar-refractivity contribution in [2.24, 2.45) is 11.3 Å². The van der Waals surface area contributed by atoms with Gasteiger partial charge in [0.05, 0.1) is 16.4 Å². The molecule has 0 spiro atoms. The Hall–Kier alpha value is -2.41. The lowest BCUT2D eigenvalue weighted by molar-refractivity contribution is -0.133. The Labute approximate surface area is 171 Å². The van der Waals surface area contributed by atoms with Crippen LogP contribution in [-0.4, -0.2) is 59.5 Å². The lowest BCUT2D eigenvalue weighted by Crippen LogP contribution is -2.52. The summed E-state index contributed by atoms with van der Waals surface area (Å²) in [5, 5.41) is 3.14. The van der Waals surface area contributed by atoms with Crippen LogP contribution in [0.3, 0.4) is 0 Å². The average molecular weight is 399 g/mol. The summed E-state index contributed by atoms with van der Waals surface area (Å²) < 4.78 is 5.39. The summed E-state index contributed by atoms with van der Waals surface area (Å²) in [6, 6.07) is 5.55. The third kappa shape index (κ3) is 4.29. The number of likely N-dealkylation sites (tertiary alicyclic amines) is 1. The Morgan fingerprint density at radius 2 is 2.14 bits per heavy atom. The second kappa shape index (κ2) is 8.14. The van der Waals surface area contributed by atoms with Gasteiger partial charge in [-0.3, -0.25) is 9.59 Å². The standard InChI is InChI=1S/C22H30N4O3/c1-15-24-18-5-4-17(12-19(18)25-15)20(27)26-9-3-8-22(2,14-26)21(28)23-13-16-6-10-29-11-7-16/h4-5,12,16H,3,6-11,13-14H2,1-2H3,(H,23,28)(H,24,25). The maximum Gasteiger partial charge on any atom is 0.253 e. The van der Waals surface area contributed by atoms with Crippen molar-refractivity contribution >= 4 is 22.8 Å². The topological polar surface area (TPSA) is 87.3 Å². The summed E-state index contributed by atoms with van der Waals surface area (Å²) in [5.41, 5.74) is 1.80. The first-order valence-corrected chi connectivity index (χ1v) is 10.6. The molecule has 1 atom stereocenters. The number of amides is 2. The molecule has 2 amide bonds. The number of carbonyl (C=O) groups excluding carboxylic acids is 2. The minimum Gasteiger partial charge on any atom is -0.381 e. The maximum absolute atomic E-state index is 13.1. The Morgan fingerprint density at radius 3 is 2.93 bits per heavy atom. The van der Waals surface area contributed by atoms with Crippen LogP contribution in [0.1, 0.15) is 48.8 Å². The summed E-state index contributed by atoms with van der Waals surface area (Å²) in [7, 11) is 0. The van der Waals surface area contributed by atoms with Crippen molar-refractivity contribution in [2.45, 2.75) is 39.5 Å². The zero-order valence-electron chi connectivity index (χ0n) is 17.3. The van der Waals surface area contributed by atoms with Gasteiger partial charge in [0, 0.05) is 38.4 Å². The molecule has 2 aromatic rings. The molecule has 4 rings (SSSR count). The van der Waals surface area contributed by atoms with Crippen LogP contribution in [0.2, 0.25) is 0 Å². The fourth-order valence-electron chi connectivity index (χ4n) is 4.45. The summed E-state index contributed by atoms with van der Waals surface area (Å²) in [5.74, 6) is 1.35. The Morgan fingerprint density at radius 1 is 1.34 bits per heavy atom. The zero-order valence-corrected chi connectivity index (χ0v) is 17.3. The van der Waals surface area contributed by atoms with E-state index in [0.717, 1.165) is 55.8 Å². The van der Waals surface area contributed by atoms with E-state index in [-0.39, 0.29) is 11.8 Å². The number of rotatable bonds is 4. The summed E-state index contributed by atoms with van der Waals surface area (Å²) in [6.07, 6.45) is 3.63. The number of benzene rings is 1. The molecule has 2 saturated heterocycles. The SMILES string of the molecule is Cc1nc2ccc(C(=O)N3CCCC(C)(C(=O)NCC4CCOCC4)C3)cc2[nH]1. The molecule has 1 aromatic heterocycles. The number of piperidine rings is 1. The van der Waals surface area contributed by atoms with Gasteiger partial charge < -0.3 is 19.9 Å². The third-order valence-corrected chi connectivity index (χ3v) is 6.27. The van der Waals surface area contributed by atoms with Crippen molar-refractivity contribution < 1.29 is 14.3 Å². The number of H-pyrrole nitrogens is 1. The van der Waals surface area contributed by atoms with E-state index in [2.05, 4.69) is 15.3 Å². The number of aromatic nitrogens is 2. The van der Waals surface area contributed by atoms with Gasteiger partial charge in [-0.05, 0) is 63.6 Å². The van der Waals surface area contributed by atoms with Gasteiger partial charge in [0.2, 0.25) is 5.91 Å². The second-order valence-corrected chi connectivity index (χ2v) is 8.71. The molecule has 3 heterocycles. The molecule has 2 aliphatic rings. The third-order valence-electron chi connectivity index (χ3n) is 6.27. The van der Waals surface area contributed by atoms with E-state index in [1.54, 1.807) is 0 Å². The molecule has 2 N–H and O–H groups in total. The van der Waals surface area contributed by atoms with E-state index in [9.17, 15) is 9.59 Å². The van der Waals surface area contributed by atoms with Crippen LogP contribution < -0.4 is 5.32 Å². The normalized spacial score (nSPS) is 23.3. The Kier molecular flexibility index (Phi) is 5.58. The number of hydrogen-bond acceptors (Lipinski definition) is 4. The molecular formula is C22H30N4O3. The second-order valence-electron chi connectivity index (χ2n) is 8.71. The quantitative estimate of drug-likeness (QED) is 0.829. The summed E-state index contributed by atoms with van der Waals surface area (Å²) >= 11 is 0. The van der Waals surface area contributed by atoms with Gasteiger partial charge >= 0.3 is 0 Å². The number of aryl methyl sites for hydroxylation is 1. The van der Waals surface area contributed by atoms with Crippen LogP contribution in [0.5, 0.6) is 0 Å². The van der Waals surface area contributed by atoms with Crippen LogP contribution in [-0.2, 0) is 9.53 Å². The van der Waals surface area contributed by atoms with Crippen molar-refractivity contribution in [3.05, 3.63) is 29.6 Å². The van der Waals surface area contributed by atoms with Gasteiger partial charge in [-0.2, -0.15) is 0 Å². The van der Waals surface area contributed by atoms with Crippen LogP contribution in [0.4, 0.5) is 0 Å². The molecule has 0 saturated carbocycles. The minimum absolute atomic E-state index is 0.0256. The molecule has 156 valence electrons. The molecule has 2 fully saturated rings. The zero-order chi connectivity index (χ0) is 20.4. The van der Waals surface area contributed by atoms with Crippen molar-refractivity contribution in [1.82, 2.24) is 20.2 Å². The number of fused-ring (bicyclic) bond motifs is 1. The van der Waals surface area contributed by atoms with E-state index in [0.29, 0.717) is 31.1 Å². The average Bonchev–Trinajstić information content (AvgIpc) is 3.11. The first-order chi connectivity index (χ1) is 13.9. The Balaban J connectivity index is 1.41. The fraction of sp³-hybridized carbons (Fsp3) is 0.591. The highest BCUT2D eigenvalue weighted by molar-refractivity contribution is 5.98. The number of imidazole rings is 1. The number of aromatic amines is 1. The number of carbonyl (C=O) groups is 2. The maximum atomic E-state index is 13.1. The molecule has 0 aliphatic carbocycles. The van der Waals surface area contributed by atoms with Crippen LogP contribution >= 0.6 is 0 Å². The van der Waals surface area contributed by atoms with E-state index >= 15 is 0 Å². The van der Waals surface area contributed by atoms with Crippen molar-refractivity contribution in [2.75, 3.05) is 32.8 Å². The first kappa shape index (κ1) is 19.9. The summed E-state index contributed by atoms with van der Waals surface area (Å²) in [4.78, 5) is 35.5. The van der Waals surface area contributed by atoms with Crippen molar-refractivity contribution in [1.29, 1.82) is 0 Å². The van der Waals surface area contributed by atoms with Crippen molar-refractivity contribution in [3.8, 4) is 0 Å². The van der Waals surface area contributed by atoms with E-state index in [1.807, 2.05) is 36.9 Å². The summed E-state index contributed by atoms with van der Waals surface area (Å²) in [6.45, 7) is 7.26. The van der Waals surface area contributed by atoms with Crippen molar-refractivity contribution in [3.63, 3.8) is 0 Å². The molecule has 1 unspecified atom stereocenters. The van der Waals surface area contributed by atoms with Gasteiger partial charge in [-0.1, -0.05) is 0 Å². The molecule has 0 radical (unpaired) electrons. The highest BCUT2D eigenvalue weighted by atomic mass is 16.5. The molecule has 7 nitrogen and oxygen atoms in total. The number of nitrogens with zero attached hydrogens (tertiary/aromatic N) is 2. The van der Waals surface area contributed by atoms with Gasteiger partial charge in [0.25, 0.3) is 5.91 Å². The number of nitrogens with one attached hydrogen (secondary N) is 2. The van der Waals surface area contributed by atoms with Crippen LogP contribution in [0.15, 0.2) is 18.2 Å². The van der Waals surface area contributed by atoms with E-state index < -0.39 is 5.41 Å². The van der Waals surface area contributed by atoms with Crippen LogP contribution in [0.25, 0.3) is 11.0 Å². The lowest BCUT2D eigenvalue weighted by Gasteiger charge is -2.39. The van der Waals surface area contributed by atoms with Gasteiger partial charge in [0.1, 0.15) is 5.82 Å². The molecule has 2 aliphatic heterocycles. The fourth-order valence-corrected chi connectivity index (χ4v) is 4.45. The monoisotopic (exact) mass is 398 g/mol. The molecule has 7 heteroatoms.